The largest absolute Gasteiger partial charge is 0.435 e. The number of aliphatic hydroxyl groups is 1. The Balaban J connectivity index is 2.13. The van der Waals surface area contributed by atoms with E-state index in [2.05, 4.69) is 0 Å². The highest BCUT2D eigenvalue weighted by atomic mass is 16.6. The summed E-state index contributed by atoms with van der Waals surface area (Å²) < 4.78 is 4.72. The van der Waals surface area contributed by atoms with Gasteiger partial charge in [-0.05, 0) is 12.8 Å². The number of hydrogen-bond donors (Lipinski definition) is 1. The monoisotopic (exact) mass is 156 g/mol. The van der Waals surface area contributed by atoms with Crippen molar-refractivity contribution in [1.82, 2.24) is 0 Å². The summed E-state index contributed by atoms with van der Waals surface area (Å²) in [6, 6.07) is 0. The van der Waals surface area contributed by atoms with E-state index < -0.39 is 6.29 Å². The Kier molecular flexibility index (Phi) is 1.60. The molecule has 1 saturated carbocycles. The van der Waals surface area contributed by atoms with E-state index in [4.69, 9.17) is 4.74 Å². The lowest BCUT2D eigenvalue weighted by molar-refractivity contribution is -0.156. The summed E-state index contributed by atoms with van der Waals surface area (Å²) in [4.78, 5) is 11.0. The third-order valence-corrected chi connectivity index (χ3v) is 2.73. The minimum Gasteiger partial charge on any atom is -0.435 e. The second-order valence-electron chi connectivity index (χ2n) is 3.38. The molecule has 3 heteroatoms. The molecule has 2 rings (SSSR count). The van der Waals surface area contributed by atoms with E-state index in [-0.39, 0.29) is 17.8 Å². The molecule has 2 fully saturated rings. The maximum atomic E-state index is 11.0. The van der Waals surface area contributed by atoms with Crippen LogP contribution in [0.2, 0.25) is 0 Å². The van der Waals surface area contributed by atoms with Crippen molar-refractivity contribution >= 4 is 5.97 Å². The quantitative estimate of drug-likeness (QED) is 0.524. The number of cyclic esters (lactones) is 1. The van der Waals surface area contributed by atoms with Gasteiger partial charge in [0.2, 0.25) is 6.29 Å². The zero-order valence-electron chi connectivity index (χ0n) is 6.32. The van der Waals surface area contributed by atoms with Gasteiger partial charge in [0.15, 0.2) is 0 Å². The molecule has 0 aromatic heterocycles. The second-order valence-corrected chi connectivity index (χ2v) is 3.38. The first-order valence-corrected chi connectivity index (χ1v) is 4.17. The Labute approximate surface area is 65.4 Å². The molecular formula is C8H12O3. The molecular weight excluding hydrogens is 144 g/mol. The number of hydrogen-bond acceptors (Lipinski definition) is 3. The van der Waals surface area contributed by atoms with Crippen molar-refractivity contribution in [1.29, 1.82) is 0 Å². The van der Waals surface area contributed by atoms with Gasteiger partial charge in [-0.3, -0.25) is 4.79 Å². The van der Waals surface area contributed by atoms with Gasteiger partial charge in [-0.25, -0.2) is 0 Å². The van der Waals surface area contributed by atoms with Crippen molar-refractivity contribution in [3.05, 3.63) is 0 Å². The Morgan fingerprint density at radius 2 is 2.09 bits per heavy atom. The molecule has 0 bridgehead atoms. The van der Waals surface area contributed by atoms with E-state index in [1.54, 1.807) is 0 Å². The van der Waals surface area contributed by atoms with Gasteiger partial charge in [-0.2, -0.15) is 0 Å². The highest BCUT2D eigenvalue weighted by molar-refractivity contribution is 5.75. The van der Waals surface area contributed by atoms with Gasteiger partial charge in [0.25, 0.3) is 0 Å². The maximum Gasteiger partial charge on any atom is 0.311 e. The summed E-state index contributed by atoms with van der Waals surface area (Å²) in [5.74, 6) is -0.0998. The Hall–Kier alpha value is -0.570. The Morgan fingerprint density at radius 1 is 1.36 bits per heavy atom. The SMILES string of the molecule is O=C1O[C@@H](O)[C@@H]2CCCCC12. The maximum absolute atomic E-state index is 11.0. The van der Waals surface area contributed by atoms with E-state index >= 15 is 0 Å². The van der Waals surface area contributed by atoms with E-state index in [9.17, 15) is 9.90 Å². The zero-order valence-corrected chi connectivity index (χ0v) is 6.32. The molecule has 2 aliphatic rings. The van der Waals surface area contributed by atoms with Gasteiger partial charge in [0.05, 0.1) is 5.92 Å². The molecule has 0 spiro atoms. The van der Waals surface area contributed by atoms with E-state index in [1.165, 1.54) is 0 Å². The fourth-order valence-electron chi connectivity index (χ4n) is 2.09. The molecule has 62 valence electrons. The summed E-state index contributed by atoms with van der Waals surface area (Å²) in [6.07, 6.45) is 3.25. The van der Waals surface area contributed by atoms with Crippen molar-refractivity contribution < 1.29 is 14.6 Å². The summed E-state index contributed by atoms with van der Waals surface area (Å²) in [5.41, 5.74) is 0. The third kappa shape index (κ3) is 1.03. The van der Waals surface area contributed by atoms with Gasteiger partial charge < -0.3 is 9.84 Å². The van der Waals surface area contributed by atoms with Crippen LogP contribution in [0.1, 0.15) is 25.7 Å². The standard InChI is InChI=1S/C8H12O3/c9-7-5-3-1-2-4-6(5)8(10)11-7/h5-7,9H,1-4H2/t5-,6?,7-/m1/s1. The molecule has 1 N–H and O–H groups in total. The van der Waals surface area contributed by atoms with Crippen LogP contribution < -0.4 is 0 Å². The molecule has 1 unspecified atom stereocenters. The fourth-order valence-corrected chi connectivity index (χ4v) is 2.09. The van der Waals surface area contributed by atoms with Crippen molar-refractivity contribution in [3.8, 4) is 0 Å². The average Bonchev–Trinajstić information content (AvgIpc) is 2.30. The average molecular weight is 156 g/mol. The number of esters is 1. The summed E-state index contributed by atoms with van der Waals surface area (Å²) in [7, 11) is 0. The number of carbonyl (C=O) groups is 1. The van der Waals surface area contributed by atoms with E-state index in [0.29, 0.717) is 0 Å². The van der Waals surface area contributed by atoms with Crippen LogP contribution in [0.3, 0.4) is 0 Å². The van der Waals surface area contributed by atoms with Gasteiger partial charge in [-0.15, -0.1) is 0 Å². The van der Waals surface area contributed by atoms with Gasteiger partial charge in [0.1, 0.15) is 0 Å². The molecule has 1 aliphatic heterocycles. The number of ether oxygens (including phenoxy) is 1. The van der Waals surface area contributed by atoms with E-state index in [1.807, 2.05) is 0 Å². The third-order valence-electron chi connectivity index (χ3n) is 2.73. The lowest BCUT2D eigenvalue weighted by atomic mass is 9.81. The van der Waals surface area contributed by atoms with Crippen LogP contribution >= 0.6 is 0 Å². The number of rotatable bonds is 0. The molecule has 0 aromatic carbocycles. The lowest BCUT2D eigenvalue weighted by Crippen LogP contribution is -2.23. The van der Waals surface area contributed by atoms with Crippen molar-refractivity contribution in [3.63, 3.8) is 0 Å². The molecule has 3 nitrogen and oxygen atoms in total. The highest BCUT2D eigenvalue weighted by Gasteiger charge is 2.44. The van der Waals surface area contributed by atoms with Crippen LogP contribution in [0.4, 0.5) is 0 Å². The first-order chi connectivity index (χ1) is 5.29. The lowest BCUT2D eigenvalue weighted by Gasteiger charge is -2.21. The Bertz CT molecular complexity index is 178. The summed E-state index contributed by atoms with van der Waals surface area (Å²) in [5, 5.41) is 9.25. The Morgan fingerprint density at radius 3 is 2.82 bits per heavy atom. The topological polar surface area (TPSA) is 46.5 Å². The summed E-state index contributed by atoms with van der Waals surface area (Å²) in [6.45, 7) is 0. The van der Waals surface area contributed by atoms with Gasteiger partial charge in [0, 0.05) is 5.92 Å². The fraction of sp³-hybridized carbons (Fsp3) is 0.875. The number of carbonyl (C=O) groups excluding carboxylic acids is 1. The normalized spacial score (nSPS) is 43.4. The molecule has 1 aliphatic carbocycles. The smallest absolute Gasteiger partial charge is 0.311 e. The van der Waals surface area contributed by atoms with Crippen LogP contribution in [0.5, 0.6) is 0 Å². The number of fused-ring (bicyclic) bond motifs is 1. The molecule has 1 saturated heterocycles. The van der Waals surface area contributed by atoms with Crippen LogP contribution in [0, 0.1) is 11.8 Å². The molecule has 3 atom stereocenters. The molecule has 0 amide bonds. The van der Waals surface area contributed by atoms with Crippen LogP contribution in [-0.2, 0) is 9.53 Å². The minimum absolute atomic E-state index is 0.00116. The van der Waals surface area contributed by atoms with Crippen LogP contribution in [0.25, 0.3) is 0 Å². The van der Waals surface area contributed by atoms with Crippen molar-refractivity contribution in [2.45, 2.75) is 32.0 Å². The first kappa shape index (κ1) is 7.10. The van der Waals surface area contributed by atoms with E-state index in [0.717, 1.165) is 25.7 Å². The van der Waals surface area contributed by atoms with Gasteiger partial charge in [-0.1, -0.05) is 12.8 Å². The van der Waals surface area contributed by atoms with Gasteiger partial charge >= 0.3 is 5.97 Å². The minimum atomic E-state index is -0.812. The molecule has 0 radical (unpaired) electrons. The van der Waals surface area contributed by atoms with Crippen LogP contribution in [0.15, 0.2) is 0 Å². The van der Waals surface area contributed by atoms with Crippen molar-refractivity contribution in [2.75, 3.05) is 0 Å². The second kappa shape index (κ2) is 2.48. The first-order valence-electron chi connectivity index (χ1n) is 4.17. The van der Waals surface area contributed by atoms with Crippen LogP contribution in [-0.4, -0.2) is 17.4 Å². The highest BCUT2D eigenvalue weighted by Crippen LogP contribution is 2.38. The zero-order chi connectivity index (χ0) is 7.84. The summed E-state index contributed by atoms with van der Waals surface area (Å²) >= 11 is 0. The molecule has 1 heterocycles. The van der Waals surface area contributed by atoms with Crippen molar-refractivity contribution in [2.24, 2.45) is 11.8 Å². The molecule has 0 aromatic rings. The number of aliphatic hydroxyl groups excluding tert-OH is 1. The predicted molar refractivity (Wildman–Crippen MR) is 37.5 cm³/mol. The molecule has 11 heavy (non-hydrogen) atoms. The predicted octanol–water partition coefficient (Wildman–Crippen LogP) is 0.668.